The van der Waals surface area contributed by atoms with Gasteiger partial charge in [-0.3, -0.25) is 0 Å². The van der Waals surface area contributed by atoms with Crippen LogP contribution >= 0.6 is 0 Å². The summed E-state index contributed by atoms with van der Waals surface area (Å²) in [5, 5.41) is 0. The van der Waals surface area contributed by atoms with E-state index >= 15 is 0 Å². The van der Waals surface area contributed by atoms with Crippen LogP contribution in [0.15, 0.2) is 0 Å². The van der Waals surface area contributed by atoms with Crippen LogP contribution in [-0.4, -0.2) is 17.1 Å². The summed E-state index contributed by atoms with van der Waals surface area (Å²) >= 11 is 0. The number of rotatable bonds is 5. The van der Waals surface area contributed by atoms with E-state index in [1.54, 1.807) is 0 Å². The summed E-state index contributed by atoms with van der Waals surface area (Å²) in [6.45, 7) is 14.9. The zero-order valence-electron chi connectivity index (χ0n) is 10.3. The maximum Gasteiger partial charge on any atom is 0.145 e. The first-order valence-electron chi connectivity index (χ1n) is 5.38. The Bertz CT molecular complexity index is 119. The van der Waals surface area contributed by atoms with Gasteiger partial charge in [-0.2, -0.15) is 0 Å². The van der Waals surface area contributed by atoms with Gasteiger partial charge in [0.15, 0.2) is 0 Å². The summed E-state index contributed by atoms with van der Waals surface area (Å²) in [6, 6.07) is 0. The van der Waals surface area contributed by atoms with Crippen molar-refractivity contribution >= 4 is 10.5 Å². The van der Waals surface area contributed by atoms with Gasteiger partial charge in [0.25, 0.3) is 0 Å². The Balaban J connectivity index is 4.82. The van der Waals surface area contributed by atoms with Gasteiger partial charge in [0.2, 0.25) is 0 Å². The van der Waals surface area contributed by atoms with E-state index in [9.17, 15) is 0 Å². The minimum absolute atomic E-state index is 0.363. The molecule has 0 saturated carbocycles. The molecule has 0 unspecified atom stereocenters. The number of hydrogen-bond donors (Lipinski definition) is 0. The largest absolute Gasteiger partial charge is 0.427 e. The van der Waals surface area contributed by atoms with Gasteiger partial charge < -0.3 is 4.43 Å². The van der Waals surface area contributed by atoms with Crippen molar-refractivity contribution in [1.82, 2.24) is 0 Å². The van der Waals surface area contributed by atoms with Gasteiger partial charge in [-0.1, -0.05) is 41.5 Å². The van der Waals surface area contributed by atoms with E-state index in [1.165, 1.54) is 0 Å². The molecule has 0 spiro atoms. The fraction of sp³-hybridized carbons (Fsp3) is 1.00. The van der Waals surface area contributed by atoms with Gasteiger partial charge in [-0.15, -0.1) is 0 Å². The van der Waals surface area contributed by atoms with E-state index in [4.69, 9.17) is 4.43 Å². The summed E-state index contributed by atoms with van der Waals surface area (Å²) in [5.74, 6) is 2.09. The normalized spacial score (nSPS) is 13.6. The molecule has 0 atom stereocenters. The van der Waals surface area contributed by atoms with Crippen LogP contribution in [0, 0.1) is 23.2 Å². The summed E-state index contributed by atoms with van der Waals surface area (Å²) in [6.07, 6.45) is 0. The van der Waals surface area contributed by atoms with E-state index < -0.39 is 0 Å². The maximum atomic E-state index is 5.53. The SMILES string of the molecule is CC(C)C(CO[SiH3])(C(C)C)C(C)C. The molecule has 0 N–H and O–H groups in total. The van der Waals surface area contributed by atoms with Crippen molar-refractivity contribution in [3.63, 3.8) is 0 Å². The fourth-order valence-corrected chi connectivity index (χ4v) is 3.25. The molecule has 0 bridgehead atoms. The highest BCUT2D eigenvalue weighted by atomic mass is 28.2. The molecule has 0 aliphatic carbocycles. The van der Waals surface area contributed by atoms with Crippen LogP contribution in [-0.2, 0) is 4.43 Å². The minimum Gasteiger partial charge on any atom is -0.427 e. The van der Waals surface area contributed by atoms with Crippen LogP contribution in [0.5, 0.6) is 0 Å². The lowest BCUT2D eigenvalue weighted by molar-refractivity contribution is -0.000731. The predicted octanol–water partition coefficient (Wildman–Crippen LogP) is 2.24. The second-order valence-electron chi connectivity index (χ2n) is 5.01. The third-order valence-electron chi connectivity index (χ3n) is 3.62. The smallest absolute Gasteiger partial charge is 0.145 e. The average Bonchev–Trinajstić information content (AvgIpc) is 1.97. The zero-order chi connectivity index (χ0) is 10.6. The van der Waals surface area contributed by atoms with Crippen molar-refractivity contribution in [1.29, 1.82) is 0 Å². The lowest BCUT2D eigenvalue weighted by Gasteiger charge is -2.45. The predicted molar refractivity (Wildman–Crippen MR) is 62.8 cm³/mol. The molecule has 0 radical (unpaired) electrons. The molecule has 13 heavy (non-hydrogen) atoms. The Morgan fingerprint density at radius 2 is 1.23 bits per heavy atom. The van der Waals surface area contributed by atoms with Gasteiger partial charge in [0, 0.05) is 6.61 Å². The molecule has 0 amide bonds. The highest BCUT2D eigenvalue weighted by molar-refractivity contribution is 5.97. The maximum absolute atomic E-state index is 5.53. The van der Waals surface area contributed by atoms with Gasteiger partial charge in [-0.05, 0) is 23.2 Å². The monoisotopic (exact) mass is 202 g/mol. The van der Waals surface area contributed by atoms with Crippen LogP contribution in [0.3, 0.4) is 0 Å². The first kappa shape index (κ1) is 13.2. The van der Waals surface area contributed by atoms with Gasteiger partial charge in [0.05, 0.1) is 0 Å². The molecule has 0 aliphatic rings. The average molecular weight is 202 g/mol. The standard InChI is InChI=1S/C11H26OSi/c1-8(2)11(7-12-13,9(3)4)10(5)6/h8-10H,7H2,1-6,13H3. The van der Waals surface area contributed by atoms with Crippen molar-refractivity contribution < 1.29 is 4.43 Å². The summed E-state index contributed by atoms with van der Waals surface area (Å²) in [5.41, 5.74) is 0.363. The summed E-state index contributed by atoms with van der Waals surface area (Å²) < 4.78 is 5.53. The van der Waals surface area contributed by atoms with E-state index in [1.807, 2.05) is 0 Å². The van der Waals surface area contributed by atoms with E-state index in [-0.39, 0.29) is 0 Å². The topological polar surface area (TPSA) is 9.23 Å². The Morgan fingerprint density at radius 3 is 1.31 bits per heavy atom. The molecule has 1 nitrogen and oxygen atoms in total. The fourth-order valence-electron chi connectivity index (χ4n) is 2.75. The molecule has 0 aromatic rings. The van der Waals surface area contributed by atoms with E-state index in [2.05, 4.69) is 41.5 Å². The van der Waals surface area contributed by atoms with Crippen molar-refractivity contribution in [3.05, 3.63) is 0 Å². The molecule has 2 heteroatoms. The Labute approximate surface area is 86.8 Å². The molecular weight excluding hydrogens is 176 g/mol. The Kier molecular flexibility index (Phi) is 5.23. The molecule has 0 fully saturated rings. The number of hydrogen-bond acceptors (Lipinski definition) is 1. The van der Waals surface area contributed by atoms with Crippen LogP contribution < -0.4 is 0 Å². The third-order valence-corrected chi connectivity index (χ3v) is 3.91. The molecule has 0 aromatic carbocycles. The highest BCUT2D eigenvalue weighted by Gasteiger charge is 2.39. The molecule has 0 aromatic heterocycles. The minimum atomic E-state index is 0.363. The third kappa shape index (κ3) is 2.56. The molecule has 0 heterocycles. The molecule has 0 saturated heterocycles. The lowest BCUT2D eigenvalue weighted by atomic mass is 9.63. The Morgan fingerprint density at radius 1 is 0.923 bits per heavy atom. The van der Waals surface area contributed by atoms with E-state index in [0.717, 1.165) is 17.1 Å². The molecule has 80 valence electrons. The highest BCUT2D eigenvalue weighted by Crippen LogP contribution is 2.42. The molecule has 0 aliphatic heterocycles. The summed E-state index contributed by atoms with van der Waals surface area (Å²) in [7, 11) is 0.857. The van der Waals surface area contributed by atoms with Crippen LogP contribution in [0.2, 0.25) is 0 Å². The van der Waals surface area contributed by atoms with Gasteiger partial charge in [-0.25, -0.2) is 0 Å². The van der Waals surface area contributed by atoms with Crippen molar-refractivity contribution in [2.24, 2.45) is 23.2 Å². The molecule has 0 rings (SSSR count). The summed E-state index contributed by atoms with van der Waals surface area (Å²) in [4.78, 5) is 0. The van der Waals surface area contributed by atoms with Crippen LogP contribution in [0.4, 0.5) is 0 Å². The van der Waals surface area contributed by atoms with Crippen LogP contribution in [0.25, 0.3) is 0 Å². The zero-order valence-corrected chi connectivity index (χ0v) is 12.3. The van der Waals surface area contributed by atoms with Crippen LogP contribution in [0.1, 0.15) is 41.5 Å². The van der Waals surface area contributed by atoms with Gasteiger partial charge >= 0.3 is 0 Å². The Hall–Kier alpha value is 0.177. The molecular formula is C11H26OSi. The van der Waals surface area contributed by atoms with Gasteiger partial charge in [0.1, 0.15) is 10.5 Å². The van der Waals surface area contributed by atoms with Crippen molar-refractivity contribution in [3.8, 4) is 0 Å². The first-order chi connectivity index (χ1) is 5.89. The quantitative estimate of drug-likeness (QED) is 0.621. The second kappa shape index (κ2) is 5.16. The lowest BCUT2D eigenvalue weighted by Crippen LogP contribution is -2.42. The first-order valence-corrected chi connectivity index (χ1v) is 6.20. The van der Waals surface area contributed by atoms with Crippen molar-refractivity contribution in [2.75, 3.05) is 6.61 Å². The van der Waals surface area contributed by atoms with E-state index in [0.29, 0.717) is 23.2 Å². The van der Waals surface area contributed by atoms with Crippen molar-refractivity contribution in [2.45, 2.75) is 41.5 Å². The second-order valence-corrected chi connectivity index (χ2v) is 5.59.